The maximum atomic E-state index is 8.08. The third-order valence-electron chi connectivity index (χ3n) is 4.37. The zero-order valence-corrected chi connectivity index (χ0v) is 15.5. The average molecular weight is 346 g/mol. The highest BCUT2D eigenvalue weighted by molar-refractivity contribution is 4.94. The van der Waals surface area contributed by atoms with Crippen LogP contribution in [-0.4, -0.2) is 70.9 Å². The molecule has 3 aliphatic heterocycles. The molecule has 4 N–H and O–H groups in total. The summed E-state index contributed by atoms with van der Waals surface area (Å²) < 4.78 is 18.2. The molecule has 3 fully saturated rings. The third-order valence-corrected chi connectivity index (χ3v) is 4.37. The number of piperidine rings is 1. The topological polar surface area (TPSA) is 97.4 Å². The van der Waals surface area contributed by atoms with Gasteiger partial charge in [0.2, 0.25) is 5.79 Å². The minimum Gasteiger partial charge on any atom is -0.366 e. The Morgan fingerprint density at radius 3 is 2.33 bits per heavy atom. The molecule has 0 aromatic carbocycles. The maximum Gasteiger partial charge on any atom is 0.210 e. The van der Waals surface area contributed by atoms with Crippen molar-refractivity contribution in [2.24, 2.45) is 5.73 Å². The van der Waals surface area contributed by atoms with Gasteiger partial charge in [-0.2, -0.15) is 0 Å². The van der Waals surface area contributed by atoms with Crippen LogP contribution in [0.2, 0.25) is 0 Å². The molecule has 24 heavy (non-hydrogen) atoms. The van der Waals surface area contributed by atoms with Gasteiger partial charge in [0.1, 0.15) is 6.10 Å². The van der Waals surface area contributed by atoms with Gasteiger partial charge in [-0.1, -0.05) is 0 Å². The highest BCUT2D eigenvalue weighted by Gasteiger charge is 2.56. The van der Waals surface area contributed by atoms with Gasteiger partial charge in [0.25, 0.3) is 0 Å². The van der Waals surface area contributed by atoms with Crippen LogP contribution < -0.4 is 5.73 Å². The number of fused-ring (bicyclic) bond motifs is 1. The standard InChI is InChI=1S/C14H26N2O3.C3H8O2/c1-13(2)18-12-4-3-9-17-14(12,19-13)10-16-7-5-11(15)6-8-16;1-3(2,4)5/h11-12H,3-10,15H2,1-2H3;4-5H,1-2H3. The number of hydrogen-bond donors (Lipinski definition) is 3. The van der Waals surface area contributed by atoms with E-state index in [0.29, 0.717) is 6.04 Å². The highest BCUT2D eigenvalue weighted by Crippen LogP contribution is 2.42. The van der Waals surface area contributed by atoms with Gasteiger partial charge in [-0.15, -0.1) is 0 Å². The van der Waals surface area contributed by atoms with E-state index in [-0.39, 0.29) is 6.10 Å². The van der Waals surface area contributed by atoms with Crippen molar-refractivity contribution in [3.63, 3.8) is 0 Å². The Morgan fingerprint density at radius 1 is 1.17 bits per heavy atom. The molecule has 0 aliphatic carbocycles. The Morgan fingerprint density at radius 2 is 1.75 bits per heavy atom. The number of aliphatic hydroxyl groups is 2. The normalized spacial score (nSPS) is 34.4. The van der Waals surface area contributed by atoms with Crippen molar-refractivity contribution < 1.29 is 24.4 Å². The van der Waals surface area contributed by atoms with E-state index < -0.39 is 17.4 Å². The van der Waals surface area contributed by atoms with E-state index in [1.165, 1.54) is 13.8 Å². The fourth-order valence-corrected chi connectivity index (χ4v) is 3.46. The SMILES string of the molecule is CC(C)(O)O.CC1(C)OC2CCCOC2(CN2CCC(N)CC2)O1. The third kappa shape index (κ3) is 5.91. The molecule has 142 valence electrons. The fourth-order valence-electron chi connectivity index (χ4n) is 3.46. The van der Waals surface area contributed by atoms with E-state index in [2.05, 4.69) is 4.90 Å². The summed E-state index contributed by atoms with van der Waals surface area (Å²) >= 11 is 0. The molecule has 3 saturated heterocycles. The smallest absolute Gasteiger partial charge is 0.210 e. The molecule has 0 saturated carbocycles. The molecule has 7 nitrogen and oxygen atoms in total. The first-order chi connectivity index (χ1) is 11.0. The molecule has 0 bridgehead atoms. The van der Waals surface area contributed by atoms with E-state index in [9.17, 15) is 0 Å². The van der Waals surface area contributed by atoms with Crippen molar-refractivity contribution in [3.8, 4) is 0 Å². The first-order valence-corrected chi connectivity index (χ1v) is 8.94. The predicted molar refractivity (Wildman–Crippen MR) is 90.1 cm³/mol. The van der Waals surface area contributed by atoms with E-state index >= 15 is 0 Å². The van der Waals surface area contributed by atoms with Gasteiger partial charge in [0, 0.05) is 6.04 Å². The predicted octanol–water partition coefficient (Wildman–Crippen LogP) is 0.775. The molecule has 7 heteroatoms. The monoisotopic (exact) mass is 346 g/mol. The molecular weight excluding hydrogens is 312 g/mol. The lowest BCUT2D eigenvalue weighted by molar-refractivity contribution is -0.271. The van der Waals surface area contributed by atoms with Crippen LogP contribution in [0.25, 0.3) is 0 Å². The summed E-state index contributed by atoms with van der Waals surface area (Å²) in [7, 11) is 0. The molecule has 0 spiro atoms. The summed E-state index contributed by atoms with van der Waals surface area (Å²) in [5.41, 5.74) is 5.96. The maximum absolute atomic E-state index is 8.08. The lowest BCUT2D eigenvalue weighted by Crippen LogP contribution is -2.56. The van der Waals surface area contributed by atoms with Gasteiger partial charge in [-0.05, 0) is 66.5 Å². The molecule has 0 amide bonds. The number of rotatable bonds is 2. The summed E-state index contributed by atoms with van der Waals surface area (Å²) in [6.45, 7) is 10.2. The summed E-state index contributed by atoms with van der Waals surface area (Å²) in [6.07, 6.45) is 4.26. The second kappa shape index (κ2) is 7.53. The van der Waals surface area contributed by atoms with E-state index in [1.807, 2.05) is 13.8 Å². The zero-order chi connectivity index (χ0) is 18.0. The first-order valence-electron chi connectivity index (χ1n) is 8.94. The molecule has 3 rings (SSSR count). The van der Waals surface area contributed by atoms with Crippen molar-refractivity contribution in [2.45, 2.75) is 82.9 Å². The van der Waals surface area contributed by atoms with Gasteiger partial charge >= 0.3 is 0 Å². The van der Waals surface area contributed by atoms with Crippen molar-refractivity contribution >= 4 is 0 Å². The van der Waals surface area contributed by atoms with Crippen LogP contribution in [0.3, 0.4) is 0 Å². The summed E-state index contributed by atoms with van der Waals surface area (Å²) in [5, 5.41) is 16.2. The minimum atomic E-state index is -1.50. The van der Waals surface area contributed by atoms with Crippen LogP contribution in [0.5, 0.6) is 0 Å². The Balaban J connectivity index is 0.000000368. The summed E-state index contributed by atoms with van der Waals surface area (Å²) in [4.78, 5) is 2.41. The van der Waals surface area contributed by atoms with Crippen LogP contribution in [0.4, 0.5) is 0 Å². The second-order valence-corrected chi connectivity index (χ2v) is 8.02. The van der Waals surface area contributed by atoms with Gasteiger partial charge in [-0.25, -0.2) is 0 Å². The van der Waals surface area contributed by atoms with Crippen LogP contribution >= 0.6 is 0 Å². The molecule has 0 aromatic rings. The number of ether oxygens (including phenoxy) is 3. The largest absolute Gasteiger partial charge is 0.366 e. The Labute approximate surface area is 145 Å². The molecule has 2 unspecified atom stereocenters. The van der Waals surface area contributed by atoms with Gasteiger partial charge in [0.15, 0.2) is 11.6 Å². The highest BCUT2D eigenvalue weighted by atomic mass is 16.8. The zero-order valence-electron chi connectivity index (χ0n) is 15.5. The van der Waals surface area contributed by atoms with E-state index in [4.69, 9.17) is 30.2 Å². The van der Waals surface area contributed by atoms with Crippen molar-refractivity contribution in [2.75, 3.05) is 26.2 Å². The Kier molecular flexibility index (Phi) is 6.29. The van der Waals surface area contributed by atoms with Crippen LogP contribution in [-0.2, 0) is 14.2 Å². The molecule has 0 radical (unpaired) electrons. The average Bonchev–Trinajstić information content (AvgIpc) is 2.69. The van der Waals surface area contributed by atoms with Crippen LogP contribution in [0.15, 0.2) is 0 Å². The first kappa shape index (κ1) is 20.0. The van der Waals surface area contributed by atoms with E-state index in [0.717, 1.165) is 51.9 Å². The van der Waals surface area contributed by atoms with Crippen LogP contribution in [0.1, 0.15) is 53.4 Å². The number of hydrogen-bond acceptors (Lipinski definition) is 7. The number of likely N-dealkylation sites (tertiary alicyclic amines) is 1. The van der Waals surface area contributed by atoms with Gasteiger partial charge in [0.05, 0.1) is 13.2 Å². The molecule has 0 aromatic heterocycles. The summed E-state index contributed by atoms with van der Waals surface area (Å²) in [5.74, 6) is -2.61. The second-order valence-electron chi connectivity index (χ2n) is 8.02. The summed E-state index contributed by atoms with van der Waals surface area (Å²) in [6, 6.07) is 0.356. The molecule has 2 atom stereocenters. The quantitative estimate of drug-likeness (QED) is 0.636. The number of nitrogens with two attached hydrogens (primary N) is 1. The number of nitrogens with zero attached hydrogens (tertiary/aromatic N) is 1. The van der Waals surface area contributed by atoms with Gasteiger partial charge < -0.3 is 30.2 Å². The Bertz CT molecular complexity index is 398. The molecule has 3 heterocycles. The van der Waals surface area contributed by atoms with E-state index in [1.54, 1.807) is 0 Å². The van der Waals surface area contributed by atoms with Crippen LogP contribution in [0, 0.1) is 0 Å². The van der Waals surface area contributed by atoms with Crippen molar-refractivity contribution in [1.29, 1.82) is 0 Å². The lowest BCUT2D eigenvalue weighted by atomic mass is 9.99. The van der Waals surface area contributed by atoms with Gasteiger partial charge in [-0.3, -0.25) is 4.90 Å². The lowest BCUT2D eigenvalue weighted by Gasteiger charge is -2.41. The molecule has 3 aliphatic rings. The van der Waals surface area contributed by atoms with Crippen molar-refractivity contribution in [1.82, 2.24) is 4.90 Å². The Hall–Kier alpha value is -0.280. The fraction of sp³-hybridized carbons (Fsp3) is 1.00. The molecular formula is C17H34N2O5. The minimum absolute atomic E-state index is 0.0619. The van der Waals surface area contributed by atoms with Crippen molar-refractivity contribution in [3.05, 3.63) is 0 Å².